The Morgan fingerprint density at radius 1 is 0.952 bits per heavy atom. The molecule has 0 atom stereocenters. The summed E-state index contributed by atoms with van der Waals surface area (Å²) in [7, 11) is 0. The van der Waals surface area contributed by atoms with Crippen molar-refractivity contribution in [3.8, 4) is 11.5 Å². The van der Waals surface area contributed by atoms with Gasteiger partial charge in [-0.25, -0.2) is 0 Å². The van der Waals surface area contributed by atoms with E-state index in [0.29, 0.717) is 12.2 Å². The van der Waals surface area contributed by atoms with Crippen LogP contribution in [0.25, 0.3) is 0 Å². The third-order valence-electron chi connectivity index (χ3n) is 2.83. The molecule has 2 rings (SSSR count). The van der Waals surface area contributed by atoms with Gasteiger partial charge in [0.25, 0.3) is 0 Å². The zero-order valence-corrected chi connectivity index (χ0v) is 14.9. The van der Waals surface area contributed by atoms with Crippen LogP contribution in [-0.4, -0.2) is 6.98 Å². The summed E-state index contributed by atoms with van der Waals surface area (Å²) < 4.78 is 44.4. The first-order valence-corrected chi connectivity index (χ1v) is 6.18. The fourth-order valence-corrected chi connectivity index (χ4v) is 1.89. The monoisotopic (exact) mass is 316 g/mol. The smallest absolute Gasteiger partial charge is 0.460 e. The minimum Gasteiger partial charge on any atom is -0.460 e. The van der Waals surface area contributed by atoms with Crippen LogP contribution in [0.2, 0.25) is 0 Å². The first kappa shape index (κ1) is 18.5. The predicted octanol–water partition coefficient (Wildman–Crippen LogP) is 1.27. The molecule has 0 radical (unpaired) electrons. The Labute approximate surface area is 164 Å². The molecule has 104 valence electrons. The maximum atomic E-state index is 13.0. The summed E-state index contributed by atoms with van der Waals surface area (Å²) in [5, 5.41) is 0. The average molecular weight is 316 g/mol. The number of rotatable bonds is 5. The van der Waals surface area contributed by atoms with Crippen LogP contribution < -0.4 is 61.6 Å². The first-order valence-electron chi connectivity index (χ1n) is 6.18. The summed E-state index contributed by atoms with van der Waals surface area (Å²) in [5.74, 6) is 0.247. The topological polar surface area (TPSA) is 9.23 Å². The molecule has 0 aliphatic rings. The van der Waals surface area contributed by atoms with Gasteiger partial charge in [0.05, 0.1) is 0 Å². The second-order valence-corrected chi connectivity index (χ2v) is 4.32. The van der Waals surface area contributed by atoms with E-state index in [2.05, 4.69) is 6.58 Å². The normalized spacial score (nSPS) is 10.6. The Hall–Kier alpha value is -0.529. The van der Waals surface area contributed by atoms with Crippen LogP contribution in [0.4, 0.5) is 12.9 Å². The van der Waals surface area contributed by atoms with Crippen LogP contribution in [0, 0.1) is 0 Å². The van der Waals surface area contributed by atoms with Crippen molar-refractivity contribution in [1.29, 1.82) is 0 Å². The maximum absolute atomic E-state index is 13.0. The van der Waals surface area contributed by atoms with Crippen LogP contribution in [0.1, 0.15) is 5.56 Å². The predicted molar refractivity (Wildman–Crippen MR) is 75.6 cm³/mol. The summed E-state index contributed by atoms with van der Waals surface area (Å²) in [4.78, 5) is 0. The van der Waals surface area contributed by atoms with Crippen molar-refractivity contribution in [1.82, 2.24) is 0 Å². The van der Waals surface area contributed by atoms with Crippen LogP contribution >= 0.6 is 0 Å². The van der Waals surface area contributed by atoms with Gasteiger partial charge in [-0.1, -0.05) is 47.9 Å². The Balaban J connectivity index is 0.00000220. The molecular weight excluding hydrogens is 303 g/mol. The Bertz CT molecular complexity index is 614. The molecular formula is C15H13BF3KO. The van der Waals surface area contributed by atoms with Crippen LogP contribution in [0.3, 0.4) is 0 Å². The molecule has 0 N–H and O–H groups in total. The van der Waals surface area contributed by atoms with Crippen LogP contribution in [-0.2, 0) is 6.42 Å². The van der Waals surface area contributed by atoms with E-state index in [0.717, 1.165) is 11.6 Å². The second kappa shape index (κ2) is 8.20. The summed E-state index contributed by atoms with van der Waals surface area (Å²) in [6.45, 7) is -1.47. The molecule has 2 aromatic carbocycles. The van der Waals surface area contributed by atoms with E-state index in [1.807, 2.05) is 6.07 Å². The molecule has 0 amide bonds. The number of ether oxygens (including phenoxy) is 1. The summed E-state index contributed by atoms with van der Waals surface area (Å²) in [5.41, 5.74) is 0.0767. The first-order chi connectivity index (χ1) is 9.52. The molecule has 0 aliphatic heterocycles. The molecule has 0 fully saturated rings. The molecule has 21 heavy (non-hydrogen) atoms. The SMILES string of the molecule is C=CCc1ccccc1Oc1ccccc1[B-](F)(F)F.[K+]. The Kier molecular flexibility index (Phi) is 7.23. The number of allylic oxidation sites excluding steroid dienone is 1. The zero-order chi connectivity index (χ0) is 14.6. The van der Waals surface area contributed by atoms with Gasteiger partial charge >= 0.3 is 58.4 Å². The van der Waals surface area contributed by atoms with Gasteiger partial charge in [0.1, 0.15) is 11.5 Å². The number of para-hydroxylation sites is 2. The number of benzene rings is 2. The molecule has 0 aromatic heterocycles. The number of halogens is 3. The fraction of sp³-hybridized carbons (Fsp3) is 0.0667. The van der Waals surface area contributed by atoms with E-state index in [1.165, 1.54) is 18.2 Å². The van der Waals surface area contributed by atoms with Crippen molar-refractivity contribution in [2.45, 2.75) is 6.42 Å². The number of hydrogen-bond acceptors (Lipinski definition) is 1. The molecule has 6 heteroatoms. The molecule has 0 bridgehead atoms. The van der Waals surface area contributed by atoms with Gasteiger partial charge in [-0.05, 0) is 24.1 Å². The molecule has 0 heterocycles. The minimum absolute atomic E-state index is 0. The molecule has 0 aliphatic carbocycles. The van der Waals surface area contributed by atoms with Crippen molar-refractivity contribution in [2.24, 2.45) is 0 Å². The standard InChI is InChI=1S/C15H13BF3O.K/c1-2-7-12-8-3-5-10-14(12)20-15-11-6-4-9-13(15)16(17,18)19;/h2-6,8-11H,1,7H2;/q-1;+1. The van der Waals surface area contributed by atoms with Gasteiger partial charge in [-0.3, -0.25) is 0 Å². The average Bonchev–Trinajstić information content (AvgIpc) is 2.41. The molecule has 0 saturated carbocycles. The summed E-state index contributed by atoms with van der Waals surface area (Å²) in [6, 6.07) is 12.2. The van der Waals surface area contributed by atoms with Crippen molar-refractivity contribution in [3.63, 3.8) is 0 Å². The van der Waals surface area contributed by atoms with E-state index in [-0.39, 0.29) is 57.1 Å². The van der Waals surface area contributed by atoms with Gasteiger partial charge in [0, 0.05) is 0 Å². The van der Waals surface area contributed by atoms with Crippen molar-refractivity contribution < 1.29 is 69.1 Å². The van der Waals surface area contributed by atoms with Gasteiger partial charge < -0.3 is 17.7 Å². The van der Waals surface area contributed by atoms with Crippen molar-refractivity contribution in [3.05, 3.63) is 66.7 Å². The molecule has 0 spiro atoms. The molecule has 1 nitrogen and oxygen atoms in total. The van der Waals surface area contributed by atoms with Gasteiger partial charge in [-0.15, -0.1) is 6.58 Å². The minimum atomic E-state index is -5.10. The van der Waals surface area contributed by atoms with Gasteiger partial charge in [0.15, 0.2) is 0 Å². The summed E-state index contributed by atoms with van der Waals surface area (Å²) >= 11 is 0. The van der Waals surface area contributed by atoms with E-state index in [1.54, 1.807) is 24.3 Å². The number of hydrogen-bond donors (Lipinski definition) is 0. The maximum Gasteiger partial charge on any atom is 1.00 e. The van der Waals surface area contributed by atoms with Crippen LogP contribution in [0.5, 0.6) is 11.5 Å². The second-order valence-electron chi connectivity index (χ2n) is 4.32. The van der Waals surface area contributed by atoms with E-state index in [9.17, 15) is 12.9 Å². The summed E-state index contributed by atoms with van der Waals surface area (Å²) in [6.07, 6.45) is 2.22. The van der Waals surface area contributed by atoms with Gasteiger partial charge in [-0.2, -0.15) is 0 Å². The molecule has 0 saturated heterocycles. The largest absolute Gasteiger partial charge is 1.00 e. The Morgan fingerprint density at radius 3 is 2.14 bits per heavy atom. The third-order valence-corrected chi connectivity index (χ3v) is 2.83. The zero-order valence-electron chi connectivity index (χ0n) is 11.7. The van der Waals surface area contributed by atoms with Gasteiger partial charge in [0.2, 0.25) is 0 Å². The third kappa shape index (κ3) is 5.00. The van der Waals surface area contributed by atoms with Crippen molar-refractivity contribution in [2.75, 3.05) is 0 Å². The van der Waals surface area contributed by atoms with Crippen LogP contribution in [0.15, 0.2) is 61.2 Å². The van der Waals surface area contributed by atoms with Crippen molar-refractivity contribution >= 4 is 12.4 Å². The Morgan fingerprint density at radius 2 is 1.52 bits per heavy atom. The molecule has 2 aromatic rings. The molecule has 0 unspecified atom stereocenters. The fourth-order valence-electron chi connectivity index (χ4n) is 1.89. The quantitative estimate of drug-likeness (QED) is 0.596. The van der Waals surface area contributed by atoms with E-state index < -0.39 is 12.4 Å². The van der Waals surface area contributed by atoms with E-state index >= 15 is 0 Å². The van der Waals surface area contributed by atoms with E-state index in [4.69, 9.17) is 4.74 Å².